The summed E-state index contributed by atoms with van der Waals surface area (Å²) in [6, 6.07) is 13.7. The van der Waals surface area contributed by atoms with Crippen molar-refractivity contribution in [3.63, 3.8) is 0 Å². The van der Waals surface area contributed by atoms with Crippen LogP contribution in [0.1, 0.15) is 27.7 Å². The molecule has 2 unspecified atom stereocenters. The zero-order valence-electron chi connectivity index (χ0n) is 10.3. The summed E-state index contributed by atoms with van der Waals surface area (Å²) in [6.07, 6.45) is 1.27. The maximum atomic E-state index is 3.65. The third-order valence-corrected chi connectivity index (χ3v) is 5.60. The third kappa shape index (κ3) is 2.68. The van der Waals surface area contributed by atoms with Crippen LogP contribution in [-0.2, 0) is 6.54 Å². The molecule has 3 heteroatoms. The molecule has 1 aliphatic rings. The Morgan fingerprint density at radius 1 is 1.33 bits per heavy atom. The average molecular weight is 322 g/mol. The van der Waals surface area contributed by atoms with Gasteiger partial charge in [-0.1, -0.05) is 30.3 Å². The maximum absolute atomic E-state index is 3.65. The first-order valence-electron chi connectivity index (χ1n) is 6.27. The highest BCUT2D eigenvalue weighted by molar-refractivity contribution is 9.10. The molecule has 3 rings (SSSR count). The molecule has 1 fully saturated rings. The van der Waals surface area contributed by atoms with Crippen LogP contribution in [0.15, 0.2) is 40.9 Å². The normalized spacial score (nSPS) is 22.1. The molecule has 0 amide bonds. The summed E-state index contributed by atoms with van der Waals surface area (Å²) >= 11 is 5.44. The van der Waals surface area contributed by atoms with Crippen molar-refractivity contribution in [1.82, 2.24) is 5.32 Å². The van der Waals surface area contributed by atoms with E-state index >= 15 is 0 Å². The quantitative estimate of drug-likeness (QED) is 0.876. The van der Waals surface area contributed by atoms with Gasteiger partial charge in [0.1, 0.15) is 0 Å². The predicted octanol–water partition coefficient (Wildman–Crippen LogP) is 4.46. The number of aryl methyl sites for hydroxylation is 1. The summed E-state index contributed by atoms with van der Waals surface area (Å²) in [7, 11) is 0. The second-order valence-corrected chi connectivity index (χ2v) is 7.05. The van der Waals surface area contributed by atoms with E-state index in [1.165, 1.54) is 26.2 Å². The molecule has 1 aromatic carbocycles. The maximum Gasteiger partial charge on any atom is 0.0314 e. The first-order valence-corrected chi connectivity index (χ1v) is 7.88. The molecule has 1 aliphatic carbocycles. The molecule has 1 aromatic heterocycles. The Kier molecular flexibility index (Phi) is 3.55. The Morgan fingerprint density at radius 3 is 2.78 bits per heavy atom. The number of halogens is 1. The van der Waals surface area contributed by atoms with Gasteiger partial charge in [-0.2, -0.15) is 0 Å². The average Bonchev–Trinajstić information content (AvgIpc) is 3.09. The molecule has 1 saturated carbocycles. The first kappa shape index (κ1) is 12.4. The van der Waals surface area contributed by atoms with Crippen LogP contribution in [-0.4, -0.2) is 6.04 Å². The molecule has 1 N–H and O–H groups in total. The van der Waals surface area contributed by atoms with E-state index in [2.05, 4.69) is 64.6 Å². The van der Waals surface area contributed by atoms with Crippen LogP contribution < -0.4 is 5.32 Å². The number of rotatable bonds is 4. The number of hydrogen-bond acceptors (Lipinski definition) is 2. The lowest BCUT2D eigenvalue weighted by molar-refractivity contribution is 0.679. The highest BCUT2D eigenvalue weighted by atomic mass is 79.9. The van der Waals surface area contributed by atoms with E-state index in [9.17, 15) is 0 Å². The fourth-order valence-electron chi connectivity index (χ4n) is 2.33. The standard InChI is InChI=1S/C15H16BrNS/c1-10-14(16)7-12(18-10)9-17-15-8-13(15)11-5-3-2-4-6-11/h2-7,13,15,17H,8-9H2,1H3. The molecule has 1 heterocycles. The van der Waals surface area contributed by atoms with Gasteiger partial charge in [0.2, 0.25) is 0 Å². The fraction of sp³-hybridized carbons (Fsp3) is 0.333. The molecule has 18 heavy (non-hydrogen) atoms. The Morgan fingerprint density at radius 2 is 2.11 bits per heavy atom. The highest BCUT2D eigenvalue weighted by Gasteiger charge is 2.37. The first-order chi connectivity index (χ1) is 8.74. The van der Waals surface area contributed by atoms with Gasteiger partial charge in [0.25, 0.3) is 0 Å². The van der Waals surface area contributed by atoms with Crippen molar-refractivity contribution in [3.05, 3.63) is 56.2 Å². The predicted molar refractivity (Wildman–Crippen MR) is 81.2 cm³/mol. The fourth-order valence-corrected chi connectivity index (χ4v) is 3.88. The van der Waals surface area contributed by atoms with Crippen molar-refractivity contribution >= 4 is 27.3 Å². The zero-order chi connectivity index (χ0) is 12.5. The minimum atomic E-state index is 0.661. The van der Waals surface area contributed by atoms with Gasteiger partial charge >= 0.3 is 0 Å². The minimum absolute atomic E-state index is 0.661. The van der Waals surface area contributed by atoms with Crippen LogP contribution >= 0.6 is 27.3 Å². The monoisotopic (exact) mass is 321 g/mol. The number of hydrogen-bond donors (Lipinski definition) is 1. The van der Waals surface area contributed by atoms with Crippen LogP contribution in [0, 0.1) is 6.92 Å². The van der Waals surface area contributed by atoms with Crippen molar-refractivity contribution < 1.29 is 0 Å². The number of benzene rings is 1. The van der Waals surface area contributed by atoms with Crippen LogP contribution in [0.4, 0.5) is 0 Å². The van der Waals surface area contributed by atoms with Crippen molar-refractivity contribution in [2.45, 2.75) is 31.8 Å². The summed E-state index contributed by atoms with van der Waals surface area (Å²) in [5.74, 6) is 0.718. The van der Waals surface area contributed by atoms with Crippen LogP contribution in [0.3, 0.4) is 0 Å². The van der Waals surface area contributed by atoms with Crippen LogP contribution in [0.2, 0.25) is 0 Å². The van der Waals surface area contributed by atoms with E-state index in [4.69, 9.17) is 0 Å². The number of nitrogens with one attached hydrogen (secondary N) is 1. The van der Waals surface area contributed by atoms with Gasteiger partial charge in [-0.15, -0.1) is 11.3 Å². The van der Waals surface area contributed by atoms with E-state index in [0.29, 0.717) is 6.04 Å². The number of thiophene rings is 1. The second kappa shape index (κ2) is 5.16. The van der Waals surface area contributed by atoms with E-state index < -0.39 is 0 Å². The molecule has 0 bridgehead atoms. The lowest BCUT2D eigenvalue weighted by Gasteiger charge is -2.02. The highest BCUT2D eigenvalue weighted by Crippen LogP contribution is 2.41. The van der Waals surface area contributed by atoms with Crippen molar-refractivity contribution in [3.8, 4) is 0 Å². The molecule has 94 valence electrons. The molecule has 2 aromatic rings. The van der Waals surface area contributed by atoms with Crippen LogP contribution in [0.5, 0.6) is 0 Å². The Bertz CT molecular complexity index is 515. The second-order valence-electron chi connectivity index (χ2n) is 4.86. The lowest BCUT2D eigenvalue weighted by atomic mass is 10.1. The van der Waals surface area contributed by atoms with Crippen molar-refractivity contribution in [2.24, 2.45) is 0 Å². The van der Waals surface area contributed by atoms with Gasteiger partial charge in [-0.05, 0) is 40.9 Å². The Hall–Kier alpha value is -0.640. The van der Waals surface area contributed by atoms with E-state index in [1.807, 2.05) is 11.3 Å². The Labute approximate surface area is 120 Å². The molecule has 0 radical (unpaired) electrons. The molecule has 0 spiro atoms. The summed E-state index contributed by atoms with van der Waals surface area (Å²) in [5, 5.41) is 3.65. The van der Waals surface area contributed by atoms with Gasteiger partial charge in [0.05, 0.1) is 0 Å². The van der Waals surface area contributed by atoms with Gasteiger partial charge < -0.3 is 5.32 Å². The molecule has 1 nitrogen and oxygen atoms in total. The van der Waals surface area contributed by atoms with Crippen LogP contribution in [0.25, 0.3) is 0 Å². The van der Waals surface area contributed by atoms with Gasteiger partial charge in [-0.3, -0.25) is 0 Å². The SMILES string of the molecule is Cc1sc(CNC2CC2c2ccccc2)cc1Br. The summed E-state index contributed by atoms with van der Waals surface area (Å²) in [6.45, 7) is 3.15. The Balaban J connectivity index is 1.54. The van der Waals surface area contributed by atoms with Gasteiger partial charge in [0, 0.05) is 32.7 Å². The molecule has 0 saturated heterocycles. The summed E-state index contributed by atoms with van der Waals surface area (Å²) in [5.41, 5.74) is 1.47. The van der Waals surface area contributed by atoms with Crippen molar-refractivity contribution in [1.29, 1.82) is 0 Å². The smallest absolute Gasteiger partial charge is 0.0314 e. The van der Waals surface area contributed by atoms with Crippen molar-refractivity contribution in [2.75, 3.05) is 0 Å². The van der Waals surface area contributed by atoms with Gasteiger partial charge in [-0.25, -0.2) is 0 Å². The van der Waals surface area contributed by atoms with Gasteiger partial charge in [0.15, 0.2) is 0 Å². The lowest BCUT2D eigenvalue weighted by Crippen LogP contribution is -2.16. The largest absolute Gasteiger partial charge is 0.308 e. The molecule has 2 atom stereocenters. The molecule has 0 aliphatic heterocycles. The minimum Gasteiger partial charge on any atom is -0.308 e. The molecular formula is C15H16BrNS. The van der Waals surface area contributed by atoms with E-state index in [1.54, 1.807) is 0 Å². The third-order valence-electron chi connectivity index (χ3n) is 3.46. The zero-order valence-corrected chi connectivity index (χ0v) is 12.7. The summed E-state index contributed by atoms with van der Waals surface area (Å²) in [4.78, 5) is 2.78. The molecular weight excluding hydrogens is 306 g/mol. The van der Waals surface area contributed by atoms with E-state index in [0.717, 1.165) is 12.5 Å². The summed E-state index contributed by atoms with van der Waals surface area (Å²) < 4.78 is 1.24. The van der Waals surface area contributed by atoms with E-state index in [-0.39, 0.29) is 0 Å². The topological polar surface area (TPSA) is 12.0 Å².